The van der Waals surface area contributed by atoms with Crippen molar-refractivity contribution in [1.82, 2.24) is 0 Å². The maximum absolute atomic E-state index is 11.9. The van der Waals surface area contributed by atoms with Gasteiger partial charge in [0.25, 0.3) is 0 Å². The van der Waals surface area contributed by atoms with Gasteiger partial charge in [-0.25, -0.2) is 0 Å². The van der Waals surface area contributed by atoms with Gasteiger partial charge in [-0.2, -0.15) is 0 Å². The van der Waals surface area contributed by atoms with Gasteiger partial charge < -0.3 is 4.79 Å². The molecule has 30 heavy (non-hydrogen) atoms. The van der Waals surface area contributed by atoms with Crippen LogP contribution in [0.1, 0.15) is 107 Å². The minimum absolute atomic E-state index is 0.139. The van der Waals surface area contributed by atoms with Gasteiger partial charge >= 0.3 is 0 Å². The molecule has 3 saturated carbocycles. The van der Waals surface area contributed by atoms with Gasteiger partial charge in [0.15, 0.2) is 0 Å². The second-order valence-corrected chi connectivity index (χ2v) is 13.5. The summed E-state index contributed by atoms with van der Waals surface area (Å²) < 4.78 is 0. The molecule has 0 aromatic rings. The summed E-state index contributed by atoms with van der Waals surface area (Å²) in [6.07, 6.45) is 14.1. The highest BCUT2D eigenvalue weighted by Gasteiger charge is 2.65. The standard InChI is InChI=1S/C29H48O/c1-19(2)22-12-14-29(8)24(27(22,6)17-18-30)10-9-23-25-21(4)20(3)11-13-26(25,5)15-16-28(23,29)7/h9,18-22,24-25H,10-17H2,1-8H3/t20-,21+,22+,24-,25-,26-,27+,28-,29-/m1/s1. The van der Waals surface area contributed by atoms with Gasteiger partial charge in [0.05, 0.1) is 0 Å². The van der Waals surface area contributed by atoms with Crippen molar-refractivity contribution >= 4 is 6.29 Å². The van der Waals surface area contributed by atoms with Gasteiger partial charge in [0.1, 0.15) is 6.29 Å². The Morgan fingerprint density at radius 3 is 2.37 bits per heavy atom. The van der Waals surface area contributed by atoms with Crippen molar-refractivity contribution in [1.29, 1.82) is 0 Å². The number of allylic oxidation sites excluding steroid dienone is 2. The molecule has 0 amide bonds. The van der Waals surface area contributed by atoms with Gasteiger partial charge in [0, 0.05) is 6.42 Å². The van der Waals surface area contributed by atoms with Crippen LogP contribution in [-0.4, -0.2) is 6.29 Å². The third-order valence-electron chi connectivity index (χ3n) is 12.1. The number of carbonyl (C=O) groups is 1. The average molecular weight is 413 g/mol. The lowest BCUT2D eigenvalue weighted by Gasteiger charge is -2.69. The molecule has 0 spiro atoms. The van der Waals surface area contributed by atoms with E-state index in [1.165, 1.54) is 51.2 Å². The van der Waals surface area contributed by atoms with Crippen LogP contribution in [0.25, 0.3) is 0 Å². The third kappa shape index (κ3) is 2.82. The number of fused-ring (bicyclic) bond motifs is 5. The number of aldehydes is 1. The van der Waals surface area contributed by atoms with E-state index in [2.05, 4.69) is 61.5 Å². The van der Waals surface area contributed by atoms with E-state index in [0.717, 1.165) is 24.2 Å². The second-order valence-electron chi connectivity index (χ2n) is 13.5. The quantitative estimate of drug-likeness (QED) is 0.338. The fraction of sp³-hybridized carbons (Fsp3) is 0.897. The summed E-state index contributed by atoms with van der Waals surface area (Å²) in [5, 5.41) is 0. The summed E-state index contributed by atoms with van der Waals surface area (Å²) in [6, 6.07) is 0. The number of carbonyl (C=O) groups excluding carboxylic acids is 1. The molecule has 4 rings (SSSR count). The number of hydrogen-bond acceptors (Lipinski definition) is 1. The monoisotopic (exact) mass is 412 g/mol. The molecular formula is C29H48O. The third-order valence-corrected chi connectivity index (χ3v) is 12.1. The Morgan fingerprint density at radius 2 is 1.73 bits per heavy atom. The van der Waals surface area contributed by atoms with E-state index in [-0.39, 0.29) is 5.41 Å². The minimum Gasteiger partial charge on any atom is -0.303 e. The van der Waals surface area contributed by atoms with Crippen LogP contribution in [0.3, 0.4) is 0 Å². The van der Waals surface area contributed by atoms with Crippen LogP contribution in [0, 0.1) is 57.2 Å². The zero-order chi connectivity index (χ0) is 22.1. The molecule has 0 N–H and O–H groups in total. The Morgan fingerprint density at radius 1 is 1.03 bits per heavy atom. The van der Waals surface area contributed by atoms with Gasteiger partial charge in [-0.1, -0.05) is 67.0 Å². The molecule has 0 heterocycles. The zero-order valence-electron chi connectivity index (χ0n) is 21.2. The van der Waals surface area contributed by atoms with E-state index in [9.17, 15) is 4.79 Å². The van der Waals surface area contributed by atoms with Gasteiger partial charge in [0.2, 0.25) is 0 Å². The molecule has 1 nitrogen and oxygen atoms in total. The predicted octanol–water partition coefficient (Wildman–Crippen LogP) is 8.09. The van der Waals surface area contributed by atoms with E-state index >= 15 is 0 Å². The Labute approximate surface area is 186 Å². The number of rotatable bonds is 3. The summed E-state index contributed by atoms with van der Waals surface area (Å²) >= 11 is 0. The van der Waals surface area contributed by atoms with Crippen LogP contribution in [0.4, 0.5) is 0 Å². The van der Waals surface area contributed by atoms with Crippen molar-refractivity contribution in [2.24, 2.45) is 57.2 Å². The lowest BCUT2D eigenvalue weighted by Crippen LogP contribution is -2.61. The molecule has 0 aromatic heterocycles. The Kier molecular flexibility index (Phi) is 5.43. The van der Waals surface area contributed by atoms with Gasteiger partial charge in [-0.05, 0) is 102 Å². The molecule has 0 aromatic carbocycles. The maximum Gasteiger partial charge on any atom is 0.120 e. The van der Waals surface area contributed by atoms with E-state index in [1.54, 1.807) is 0 Å². The average Bonchev–Trinajstić information content (AvgIpc) is 2.66. The van der Waals surface area contributed by atoms with Crippen LogP contribution in [0.2, 0.25) is 0 Å². The van der Waals surface area contributed by atoms with E-state index in [4.69, 9.17) is 0 Å². The van der Waals surface area contributed by atoms with Crippen molar-refractivity contribution in [2.75, 3.05) is 0 Å². The summed E-state index contributed by atoms with van der Waals surface area (Å²) in [6.45, 7) is 20.2. The van der Waals surface area contributed by atoms with Crippen molar-refractivity contribution in [3.63, 3.8) is 0 Å². The highest BCUT2D eigenvalue weighted by atomic mass is 16.1. The smallest absolute Gasteiger partial charge is 0.120 e. The van der Waals surface area contributed by atoms with Crippen LogP contribution in [0.5, 0.6) is 0 Å². The largest absolute Gasteiger partial charge is 0.303 e. The fourth-order valence-electron chi connectivity index (χ4n) is 9.82. The van der Waals surface area contributed by atoms with Gasteiger partial charge in [-0.15, -0.1) is 0 Å². The summed E-state index contributed by atoms with van der Waals surface area (Å²) in [4.78, 5) is 11.9. The van der Waals surface area contributed by atoms with Crippen LogP contribution in [0.15, 0.2) is 11.6 Å². The summed E-state index contributed by atoms with van der Waals surface area (Å²) in [5.41, 5.74) is 3.10. The van der Waals surface area contributed by atoms with Crippen molar-refractivity contribution in [2.45, 2.75) is 107 Å². The molecule has 0 unspecified atom stereocenters. The summed E-state index contributed by atoms with van der Waals surface area (Å²) in [7, 11) is 0. The first-order valence-electron chi connectivity index (χ1n) is 13.1. The van der Waals surface area contributed by atoms with Crippen molar-refractivity contribution in [3.8, 4) is 0 Å². The lowest BCUT2D eigenvalue weighted by molar-refractivity contribution is -0.157. The molecule has 0 radical (unpaired) electrons. The molecular weight excluding hydrogens is 364 g/mol. The lowest BCUT2D eigenvalue weighted by atomic mass is 9.35. The predicted molar refractivity (Wildman–Crippen MR) is 127 cm³/mol. The van der Waals surface area contributed by atoms with Crippen molar-refractivity contribution < 1.29 is 4.79 Å². The highest BCUT2D eigenvalue weighted by Crippen LogP contribution is 2.73. The van der Waals surface area contributed by atoms with Crippen LogP contribution in [-0.2, 0) is 4.79 Å². The Balaban J connectivity index is 1.81. The minimum atomic E-state index is 0.139. The Bertz CT molecular complexity index is 720. The second kappa shape index (κ2) is 7.21. The normalized spacial score (nSPS) is 53.4. The molecule has 0 aliphatic heterocycles. The molecule has 0 saturated heterocycles. The zero-order valence-corrected chi connectivity index (χ0v) is 21.2. The fourth-order valence-corrected chi connectivity index (χ4v) is 9.82. The maximum atomic E-state index is 11.9. The summed E-state index contributed by atoms with van der Waals surface area (Å²) in [5.74, 6) is 4.36. The first-order valence-corrected chi connectivity index (χ1v) is 13.1. The van der Waals surface area contributed by atoms with Crippen LogP contribution >= 0.6 is 0 Å². The van der Waals surface area contributed by atoms with Gasteiger partial charge in [-0.3, -0.25) is 0 Å². The van der Waals surface area contributed by atoms with E-state index < -0.39 is 0 Å². The molecule has 9 atom stereocenters. The van der Waals surface area contributed by atoms with E-state index in [1.807, 2.05) is 5.57 Å². The number of hydrogen-bond donors (Lipinski definition) is 0. The van der Waals surface area contributed by atoms with Crippen molar-refractivity contribution in [3.05, 3.63) is 11.6 Å². The molecule has 4 aliphatic carbocycles. The molecule has 0 bridgehead atoms. The van der Waals surface area contributed by atoms with Crippen LogP contribution < -0.4 is 0 Å². The molecule has 3 fully saturated rings. The first kappa shape index (κ1) is 22.6. The Hall–Kier alpha value is -0.590. The highest BCUT2D eigenvalue weighted by molar-refractivity contribution is 5.51. The molecule has 4 aliphatic rings. The first-order chi connectivity index (χ1) is 13.9. The topological polar surface area (TPSA) is 17.1 Å². The van der Waals surface area contributed by atoms with E-state index in [0.29, 0.717) is 34.0 Å². The molecule has 170 valence electrons. The molecule has 1 heteroatoms. The SMILES string of the molecule is CC(C)[C@@H]1CC[C@]2(C)[C@H](CC=C3[C@H]4[C@@H](C)[C@H](C)CC[C@]4(C)CC[C@]32C)[C@@]1(C)CC=O.